The van der Waals surface area contributed by atoms with Crippen molar-refractivity contribution >= 4 is 23.3 Å². The van der Waals surface area contributed by atoms with Crippen LogP contribution in [0.25, 0.3) is 0 Å². The van der Waals surface area contributed by atoms with E-state index in [1.54, 1.807) is 6.92 Å². The Balaban J connectivity index is 2.79. The van der Waals surface area contributed by atoms with E-state index in [1.165, 1.54) is 31.2 Å². The van der Waals surface area contributed by atoms with E-state index < -0.39 is 22.2 Å². The number of rotatable bonds is 4. The van der Waals surface area contributed by atoms with Gasteiger partial charge in [-0.2, -0.15) is 0 Å². The predicted molar refractivity (Wildman–Crippen MR) is 76.8 cm³/mol. The number of fused-ring (bicyclic) bond motifs is 1. The number of esters is 1. The van der Waals surface area contributed by atoms with Gasteiger partial charge < -0.3 is 14.4 Å². The minimum Gasteiger partial charge on any atom is -0.465 e. The molecule has 1 amide bonds. The molecule has 0 aliphatic carbocycles. The van der Waals surface area contributed by atoms with Crippen molar-refractivity contribution < 1.29 is 24.0 Å². The number of nitrogens with zero attached hydrogens (tertiary/aromatic N) is 2. The molecule has 0 saturated carbocycles. The van der Waals surface area contributed by atoms with Crippen LogP contribution >= 0.6 is 0 Å². The van der Waals surface area contributed by atoms with Crippen molar-refractivity contribution in [2.75, 3.05) is 26.2 Å². The van der Waals surface area contributed by atoms with E-state index in [-0.39, 0.29) is 11.5 Å². The van der Waals surface area contributed by atoms with Crippen molar-refractivity contribution in [2.24, 2.45) is 0 Å². The monoisotopic (exact) mass is 308 g/mol. The Morgan fingerprint density at radius 2 is 2.05 bits per heavy atom. The topological polar surface area (TPSA) is 99.0 Å². The number of anilines is 1. The van der Waals surface area contributed by atoms with Crippen molar-refractivity contribution in [1.82, 2.24) is 0 Å². The van der Waals surface area contributed by atoms with Crippen LogP contribution in [0.5, 0.6) is 0 Å². The summed E-state index contributed by atoms with van der Waals surface area (Å²) in [6, 6.07) is 2.52. The third kappa shape index (κ3) is 1.95. The van der Waals surface area contributed by atoms with Gasteiger partial charge in [0.15, 0.2) is 5.60 Å². The van der Waals surface area contributed by atoms with Crippen molar-refractivity contribution in [1.29, 1.82) is 0 Å². The first-order valence-electron chi connectivity index (χ1n) is 6.58. The highest BCUT2D eigenvalue weighted by atomic mass is 16.6. The third-order valence-electron chi connectivity index (χ3n) is 4.01. The molecule has 1 aromatic rings. The highest BCUT2D eigenvalue weighted by molar-refractivity contribution is 6.08. The van der Waals surface area contributed by atoms with E-state index in [0.29, 0.717) is 17.7 Å². The van der Waals surface area contributed by atoms with Gasteiger partial charge in [-0.25, -0.2) is 4.79 Å². The summed E-state index contributed by atoms with van der Waals surface area (Å²) in [4.78, 5) is 36.2. The summed E-state index contributed by atoms with van der Waals surface area (Å²) in [6.07, 6.45) is 0.314. The van der Waals surface area contributed by atoms with Crippen LogP contribution in [-0.2, 0) is 19.9 Å². The number of methoxy groups -OCH3 is 2. The lowest BCUT2D eigenvalue weighted by atomic mass is 9.91. The number of ether oxygens (including phenoxy) is 2. The number of nitro groups is 1. The number of carbonyl (C=O) groups excluding carboxylic acids is 2. The van der Waals surface area contributed by atoms with Gasteiger partial charge in [-0.15, -0.1) is 0 Å². The number of amides is 1. The van der Waals surface area contributed by atoms with Crippen molar-refractivity contribution in [2.45, 2.75) is 18.9 Å². The first kappa shape index (κ1) is 15.9. The van der Waals surface area contributed by atoms with Gasteiger partial charge in [0.25, 0.3) is 11.6 Å². The Labute approximate surface area is 126 Å². The zero-order chi connectivity index (χ0) is 16.7. The van der Waals surface area contributed by atoms with Crippen LogP contribution in [0.15, 0.2) is 12.1 Å². The third-order valence-corrected chi connectivity index (χ3v) is 4.01. The molecule has 1 aliphatic rings. The molecule has 1 aliphatic heterocycles. The Bertz CT molecular complexity index is 666. The van der Waals surface area contributed by atoms with Crippen molar-refractivity contribution in [3.63, 3.8) is 0 Å². The van der Waals surface area contributed by atoms with Gasteiger partial charge in [0.1, 0.15) is 5.56 Å². The quantitative estimate of drug-likeness (QED) is 0.476. The summed E-state index contributed by atoms with van der Waals surface area (Å²) >= 11 is 0. The van der Waals surface area contributed by atoms with Gasteiger partial charge in [0.2, 0.25) is 0 Å². The van der Waals surface area contributed by atoms with Crippen LogP contribution in [-0.4, -0.2) is 38.1 Å². The SMILES string of the molecule is CCC1(OC)C(=O)N(C)c2cc(C(=O)OC)c([N+](=O)[O-])cc21. The summed E-state index contributed by atoms with van der Waals surface area (Å²) in [6.45, 7) is 1.75. The van der Waals surface area contributed by atoms with Crippen LogP contribution in [0.1, 0.15) is 29.3 Å². The summed E-state index contributed by atoms with van der Waals surface area (Å²) in [5, 5.41) is 11.3. The van der Waals surface area contributed by atoms with Crippen LogP contribution in [0.4, 0.5) is 11.4 Å². The first-order valence-corrected chi connectivity index (χ1v) is 6.58. The molecule has 8 nitrogen and oxygen atoms in total. The van der Waals surface area contributed by atoms with Gasteiger partial charge >= 0.3 is 5.97 Å². The number of benzene rings is 1. The summed E-state index contributed by atoms with van der Waals surface area (Å²) < 4.78 is 9.96. The predicted octanol–water partition coefficient (Wildman–Crippen LogP) is 1.61. The van der Waals surface area contributed by atoms with Crippen molar-refractivity contribution in [3.8, 4) is 0 Å². The maximum Gasteiger partial charge on any atom is 0.344 e. The minimum absolute atomic E-state index is 0.200. The maximum atomic E-state index is 12.5. The zero-order valence-corrected chi connectivity index (χ0v) is 12.7. The second-order valence-electron chi connectivity index (χ2n) is 4.88. The van der Waals surface area contributed by atoms with E-state index in [2.05, 4.69) is 4.74 Å². The summed E-state index contributed by atoms with van der Waals surface area (Å²) in [5.41, 5.74) is -1.11. The van der Waals surface area contributed by atoms with Crippen molar-refractivity contribution in [3.05, 3.63) is 33.4 Å². The molecule has 1 aromatic carbocycles. The van der Waals surface area contributed by atoms with Crippen LogP contribution < -0.4 is 4.90 Å². The lowest BCUT2D eigenvalue weighted by Gasteiger charge is -2.24. The van der Waals surface area contributed by atoms with Gasteiger partial charge in [-0.05, 0) is 12.5 Å². The maximum absolute atomic E-state index is 12.5. The molecule has 0 spiro atoms. The summed E-state index contributed by atoms with van der Waals surface area (Å²) in [5.74, 6) is -1.16. The number of carbonyl (C=O) groups is 2. The molecular weight excluding hydrogens is 292 g/mol. The second kappa shape index (κ2) is 5.38. The van der Waals surface area contributed by atoms with Crippen LogP contribution in [0, 0.1) is 10.1 Å². The second-order valence-corrected chi connectivity index (χ2v) is 4.88. The van der Waals surface area contributed by atoms with E-state index in [9.17, 15) is 19.7 Å². The Hall–Kier alpha value is -2.48. The normalized spacial score (nSPS) is 20.0. The van der Waals surface area contributed by atoms with E-state index in [4.69, 9.17) is 4.74 Å². The van der Waals surface area contributed by atoms with Gasteiger partial charge in [0, 0.05) is 25.8 Å². The van der Waals surface area contributed by atoms with E-state index >= 15 is 0 Å². The minimum atomic E-state index is -1.27. The average Bonchev–Trinajstić information content (AvgIpc) is 2.73. The van der Waals surface area contributed by atoms with E-state index in [0.717, 1.165) is 7.11 Å². The molecule has 1 atom stereocenters. The fraction of sp³-hybridized carbons (Fsp3) is 0.429. The molecule has 0 fully saturated rings. The molecule has 1 heterocycles. The average molecular weight is 308 g/mol. The Morgan fingerprint density at radius 3 is 2.50 bits per heavy atom. The van der Waals surface area contributed by atoms with Gasteiger partial charge in [-0.3, -0.25) is 14.9 Å². The lowest BCUT2D eigenvalue weighted by Crippen LogP contribution is -2.39. The Morgan fingerprint density at radius 1 is 1.41 bits per heavy atom. The van der Waals surface area contributed by atoms with Crippen LogP contribution in [0.2, 0.25) is 0 Å². The van der Waals surface area contributed by atoms with Crippen LogP contribution in [0.3, 0.4) is 0 Å². The molecular formula is C14H16N2O6. The molecule has 8 heteroatoms. The first-order chi connectivity index (χ1) is 10.3. The molecule has 1 unspecified atom stereocenters. The smallest absolute Gasteiger partial charge is 0.344 e. The largest absolute Gasteiger partial charge is 0.465 e. The molecule has 22 heavy (non-hydrogen) atoms. The molecule has 0 bridgehead atoms. The van der Waals surface area contributed by atoms with E-state index in [1.807, 2.05) is 0 Å². The number of hydrogen-bond acceptors (Lipinski definition) is 6. The molecule has 2 rings (SSSR count). The number of likely N-dealkylation sites (N-methyl/N-ethyl adjacent to an activating group) is 1. The highest BCUT2D eigenvalue weighted by Gasteiger charge is 2.50. The molecule has 0 radical (unpaired) electrons. The Kier molecular flexibility index (Phi) is 3.89. The standard InChI is InChI=1S/C14H16N2O6/c1-5-14(22-4)9-7-10(16(19)20)8(12(17)21-3)6-11(9)15(2)13(14)18/h6-7H,5H2,1-4H3. The molecule has 0 N–H and O–H groups in total. The fourth-order valence-corrected chi connectivity index (χ4v) is 2.78. The number of nitro benzene ring substituents is 1. The fourth-order valence-electron chi connectivity index (χ4n) is 2.78. The molecule has 0 saturated heterocycles. The zero-order valence-electron chi connectivity index (χ0n) is 12.7. The highest BCUT2D eigenvalue weighted by Crippen LogP contribution is 2.46. The number of hydrogen-bond donors (Lipinski definition) is 0. The molecule has 0 aromatic heterocycles. The van der Waals surface area contributed by atoms with Gasteiger partial charge in [-0.1, -0.05) is 6.92 Å². The lowest BCUT2D eigenvalue weighted by molar-refractivity contribution is -0.385. The molecule has 118 valence electrons. The van der Waals surface area contributed by atoms with Gasteiger partial charge in [0.05, 0.1) is 17.7 Å². The summed E-state index contributed by atoms with van der Waals surface area (Å²) in [7, 11) is 4.05.